The number of hydrogen-bond acceptors (Lipinski definition) is 6. The minimum Gasteiger partial charge on any atom is -0.504 e. The van der Waals surface area contributed by atoms with Gasteiger partial charge in [-0.15, -0.1) is 0 Å². The van der Waals surface area contributed by atoms with E-state index in [1.165, 1.54) is 44.6 Å². The third-order valence-electron chi connectivity index (χ3n) is 3.98. The summed E-state index contributed by atoms with van der Waals surface area (Å²) >= 11 is 0. The van der Waals surface area contributed by atoms with Crippen LogP contribution in [0.1, 0.15) is 20.8 Å². The van der Waals surface area contributed by atoms with E-state index in [-0.39, 0.29) is 29.0 Å². The van der Waals surface area contributed by atoms with Crippen molar-refractivity contribution in [2.75, 3.05) is 19.5 Å². The predicted octanol–water partition coefficient (Wildman–Crippen LogP) is 3.20. The molecule has 8 heteroatoms. The van der Waals surface area contributed by atoms with Crippen molar-refractivity contribution in [1.29, 1.82) is 0 Å². The number of carbonyl (C=O) groups excluding carboxylic acids is 2. The van der Waals surface area contributed by atoms with Gasteiger partial charge in [0.1, 0.15) is 17.2 Å². The minimum atomic E-state index is -0.346. The van der Waals surface area contributed by atoms with Crippen LogP contribution < -0.4 is 20.1 Å². The van der Waals surface area contributed by atoms with Crippen LogP contribution in [0.4, 0.5) is 5.69 Å². The first-order valence-corrected chi connectivity index (χ1v) is 8.64. The number of hydrogen-bond donors (Lipinski definition) is 3. The highest BCUT2D eigenvalue weighted by atomic mass is 16.5. The van der Waals surface area contributed by atoms with E-state index < -0.39 is 0 Å². The highest BCUT2D eigenvalue weighted by Gasteiger charge is 2.11. The number of anilines is 1. The van der Waals surface area contributed by atoms with E-state index in [2.05, 4.69) is 15.6 Å². The van der Waals surface area contributed by atoms with Crippen LogP contribution >= 0.6 is 0 Å². The molecule has 3 aromatic rings. The van der Waals surface area contributed by atoms with Gasteiger partial charge in [0.05, 0.1) is 7.11 Å². The van der Waals surface area contributed by atoms with Gasteiger partial charge >= 0.3 is 0 Å². The van der Waals surface area contributed by atoms with Crippen LogP contribution in [0.2, 0.25) is 0 Å². The molecular weight excluding hydrogens is 374 g/mol. The van der Waals surface area contributed by atoms with Crippen molar-refractivity contribution < 1.29 is 24.2 Å². The Labute approximate surface area is 167 Å². The lowest BCUT2D eigenvalue weighted by atomic mass is 10.2. The summed E-state index contributed by atoms with van der Waals surface area (Å²) in [6.45, 7) is 0. The van der Waals surface area contributed by atoms with Gasteiger partial charge in [0.15, 0.2) is 11.5 Å². The normalized spacial score (nSPS) is 10.1. The Kier molecular flexibility index (Phi) is 5.94. The molecule has 0 aliphatic heterocycles. The number of pyridine rings is 1. The molecule has 0 aliphatic carbocycles. The second-order valence-corrected chi connectivity index (χ2v) is 5.92. The number of phenolic OH excluding ortho intramolecular Hbond substituents is 1. The van der Waals surface area contributed by atoms with Gasteiger partial charge in [-0.3, -0.25) is 14.6 Å². The van der Waals surface area contributed by atoms with Crippen molar-refractivity contribution in [3.8, 4) is 23.0 Å². The summed E-state index contributed by atoms with van der Waals surface area (Å²) in [5.41, 5.74) is 1.16. The van der Waals surface area contributed by atoms with Crippen LogP contribution in [0, 0.1) is 0 Å². The quantitative estimate of drug-likeness (QED) is 0.593. The van der Waals surface area contributed by atoms with Crippen LogP contribution in [0.25, 0.3) is 0 Å². The number of amides is 2. The Morgan fingerprint density at radius 2 is 1.72 bits per heavy atom. The van der Waals surface area contributed by atoms with Crippen LogP contribution in [0.5, 0.6) is 23.0 Å². The van der Waals surface area contributed by atoms with Gasteiger partial charge in [-0.2, -0.15) is 0 Å². The van der Waals surface area contributed by atoms with Crippen molar-refractivity contribution in [2.24, 2.45) is 0 Å². The predicted molar refractivity (Wildman–Crippen MR) is 107 cm³/mol. The van der Waals surface area contributed by atoms with Crippen molar-refractivity contribution >= 4 is 17.5 Å². The van der Waals surface area contributed by atoms with Crippen molar-refractivity contribution in [3.05, 3.63) is 72.1 Å². The van der Waals surface area contributed by atoms with Crippen LogP contribution in [-0.4, -0.2) is 36.1 Å². The molecule has 0 fully saturated rings. The largest absolute Gasteiger partial charge is 0.504 e. The molecule has 29 heavy (non-hydrogen) atoms. The number of nitrogens with zero attached hydrogens (tertiary/aromatic N) is 1. The fourth-order valence-electron chi connectivity index (χ4n) is 2.49. The smallest absolute Gasteiger partial charge is 0.269 e. The molecule has 0 saturated heterocycles. The van der Waals surface area contributed by atoms with Crippen LogP contribution in [0.15, 0.2) is 60.8 Å². The highest BCUT2D eigenvalue weighted by molar-refractivity contribution is 6.04. The molecule has 3 rings (SSSR count). The minimum absolute atomic E-state index is 0.0405. The first-order chi connectivity index (χ1) is 14.0. The lowest BCUT2D eigenvalue weighted by molar-refractivity contribution is 0.0957. The van der Waals surface area contributed by atoms with E-state index in [1.54, 1.807) is 30.3 Å². The second kappa shape index (κ2) is 8.75. The lowest BCUT2D eigenvalue weighted by Crippen LogP contribution is -2.18. The maximum absolute atomic E-state index is 12.4. The number of aromatic hydroxyl groups is 1. The van der Waals surface area contributed by atoms with E-state index in [1.807, 2.05) is 0 Å². The van der Waals surface area contributed by atoms with Gasteiger partial charge in [0.25, 0.3) is 11.8 Å². The Hall–Kier alpha value is -4.07. The van der Waals surface area contributed by atoms with Gasteiger partial charge in [0.2, 0.25) is 0 Å². The van der Waals surface area contributed by atoms with Crippen molar-refractivity contribution in [3.63, 3.8) is 0 Å². The zero-order chi connectivity index (χ0) is 20.8. The third kappa shape index (κ3) is 4.81. The summed E-state index contributed by atoms with van der Waals surface area (Å²) in [4.78, 5) is 28.0. The monoisotopic (exact) mass is 393 g/mol. The lowest BCUT2D eigenvalue weighted by Gasteiger charge is -2.10. The molecule has 0 unspecified atom stereocenters. The summed E-state index contributed by atoms with van der Waals surface area (Å²) in [5.74, 6) is 0.520. The number of aromatic nitrogens is 1. The van der Waals surface area contributed by atoms with Crippen LogP contribution in [-0.2, 0) is 0 Å². The summed E-state index contributed by atoms with van der Waals surface area (Å²) in [6.07, 6.45) is 1.49. The standard InChI is InChI=1S/C21H19N3O5/c1-22-21(27)17-12-16(9-10-23-17)29-15-6-4-14(5-7-15)24-20(26)13-3-8-18(25)19(11-13)28-2/h3-12,25H,1-2H3,(H,22,27)(H,24,26). The molecule has 0 atom stereocenters. The second-order valence-electron chi connectivity index (χ2n) is 5.92. The summed E-state index contributed by atoms with van der Waals surface area (Å²) < 4.78 is 10.7. The van der Waals surface area contributed by atoms with Crippen molar-refractivity contribution in [2.45, 2.75) is 0 Å². The zero-order valence-electron chi connectivity index (χ0n) is 15.8. The highest BCUT2D eigenvalue weighted by Crippen LogP contribution is 2.27. The molecule has 0 aliphatic rings. The number of ether oxygens (including phenoxy) is 2. The molecule has 2 amide bonds. The fourth-order valence-corrected chi connectivity index (χ4v) is 2.49. The maximum atomic E-state index is 12.4. The molecule has 3 N–H and O–H groups in total. The maximum Gasteiger partial charge on any atom is 0.269 e. The SMILES string of the molecule is CNC(=O)c1cc(Oc2ccc(NC(=O)c3ccc(O)c(OC)c3)cc2)ccn1. The average Bonchev–Trinajstić information content (AvgIpc) is 2.75. The summed E-state index contributed by atoms with van der Waals surface area (Å²) in [7, 11) is 2.94. The molecule has 0 radical (unpaired) electrons. The number of methoxy groups -OCH3 is 1. The van der Waals surface area contributed by atoms with Gasteiger partial charge < -0.3 is 25.2 Å². The number of carbonyl (C=O) groups is 2. The molecule has 8 nitrogen and oxygen atoms in total. The van der Waals surface area contributed by atoms with Gasteiger partial charge in [-0.25, -0.2) is 0 Å². The topological polar surface area (TPSA) is 110 Å². The Morgan fingerprint density at radius 1 is 0.966 bits per heavy atom. The summed E-state index contributed by atoms with van der Waals surface area (Å²) in [5, 5.41) is 14.9. The Bertz CT molecular complexity index is 1030. The van der Waals surface area contributed by atoms with Crippen molar-refractivity contribution in [1.82, 2.24) is 10.3 Å². The first kappa shape index (κ1) is 19.7. The number of phenols is 1. The molecule has 148 valence electrons. The van der Waals surface area contributed by atoms with E-state index in [0.717, 1.165) is 0 Å². The van der Waals surface area contributed by atoms with Gasteiger partial charge in [-0.05, 0) is 48.5 Å². The summed E-state index contributed by atoms with van der Waals surface area (Å²) in [6, 6.07) is 14.3. The molecule has 0 spiro atoms. The molecule has 1 aromatic heterocycles. The molecule has 0 saturated carbocycles. The van der Waals surface area contributed by atoms with Gasteiger partial charge in [0, 0.05) is 30.6 Å². The first-order valence-electron chi connectivity index (χ1n) is 8.64. The van der Waals surface area contributed by atoms with E-state index in [4.69, 9.17) is 9.47 Å². The van der Waals surface area contributed by atoms with Gasteiger partial charge in [-0.1, -0.05) is 0 Å². The van der Waals surface area contributed by atoms with E-state index >= 15 is 0 Å². The number of nitrogens with one attached hydrogen (secondary N) is 2. The molecule has 2 aromatic carbocycles. The Balaban J connectivity index is 1.67. The van der Waals surface area contributed by atoms with Crippen LogP contribution in [0.3, 0.4) is 0 Å². The molecule has 1 heterocycles. The molecule has 0 bridgehead atoms. The fraction of sp³-hybridized carbons (Fsp3) is 0.0952. The number of rotatable bonds is 6. The van der Waals surface area contributed by atoms with E-state index in [9.17, 15) is 14.7 Å². The van der Waals surface area contributed by atoms with E-state index in [0.29, 0.717) is 22.7 Å². The number of benzene rings is 2. The third-order valence-corrected chi connectivity index (χ3v) is 3.98. The zero-order valence-corrected chi connectivity index (χ0v) is 15.8. The average molecular weight is 393 g/mol. The Morgan fingerprint density at radius 3 is 2.41 bits per heavy atom. The molecular formula is C21H19N3O5.